The van der Waals surface area contributed by atoms with Crippen LogP contribution >= 0.6 is 0 Å². The first-order valence-electron chi connectivity index (χ1n) is 5.95. The molecule has 0 saturated heterocycles. The molecule has 1 atom stereocenters. The molecule has 0 N–H and O–H groups in total. The summed E-state index contributed by atoms with van der Waals surface area (Å²) in [4.78, 5) is 2.36. The van der Waals surface area contributed by atoms with Crippen LogP contribution in [0.2, 0.25) is 0 Å². The van der Waals surface area contributed by atoms with Gasteiger partial charge in [0.05, 0.1) is 7.11 Å². The first-order valence-corrected chi connectivity index (χ1v) is 5.95. The van der Waals surface area contributed by atoms with E-state index in [-0.39, 0.29) is 0 Å². The molecule has 16 heavy (non-hydrogen) atoms. The molecule has 1 unspecified atom stereocenters. The number of nitrogens with zero attached hydrogens (tertiary/aromatic N) is 1. The van der Waals surface area contributed by atoms with Crippen molar-refractivity contribution >= 4 is 0 Å². The highest BCUT2D eigenvalue weighted by Gasteiger charge is 2.22. The van der Waals surface area contributed by atoms with E-state index in [4.69, 9.17) is 4.74 Å². The molecule has 0 amide bonds. The molecule has 1 aromatic carbocycles. The molecular weight excluding hydrogens is 198 g/mol. The maximum atomic E-state index is 5.44. The summed E-state index contributed by atoms with van der Waals surface area (Å²) in [6.45, 7) is 7.73. The van der Waals surface area contributed by atoms with Gasteiger partial charge in [0.15, 0.2) is 0 Å². The van der Waals surface area contributed by atoms with Gasteiger partial charge in [-0.1, -0.05) is 39.0 Å². The van der Waals surface area contributed by atoms with Gasteiger partial charge in [0.25, 0.3) is 0 Å². The van der Waals surface area contributed by atoms with Crippen molar-refractivity contribution in [1.82, 2.24) is 4.90 Å². The average molecular weight is 221 g/mol. The predicted molar refractivity (Wildman–Crippen MR) is 68.9 cm³/mol. The normalized spacial score (nSPS) is 13.2. The number of para-hydroxylation sites is 1. The second kappa shape index (κ2) is 5.90. The maximum absolute atomic E-state index is 5.44. The smallest absolute Gasteiger partial charge is 0.123 e. The van der Waals surface area contributed by atoms with Crippen LogP contribution in [0.15, 0.2) is 24.3 Å². The van der Waals surface area contributed by atoms with E-state index in [9.17, 15) is 0 Å². The molecule has 0 fully saturated rings. The topological polar surface area (TPSA) is 12.5 Å². The number of rotatable bonds is 5. The van der Waals surface area contributed by atoms with Crippen LogP contribution in [0.5, 0.6) is 5.75 Å². The van der Waals surface area contributed by atoms with E-state index in [0.29, 0.717) is 12.0 Å². The average Bonchev–Trinajstić information content (AvgIpc) is 2.29. The van der Waals surface area contributed by atoms with Gasteiger partial charge in [-0.15, -0.1) is 0 Å². The van der Waals surface area contributed by atoms with E-state index < -0.39 is 0 Å². The third-order valence-corrected chi connectivity index (χ3v) is 3.06. The summed E-state index contributed by atoms with van der Waals surface area (Å²) in [5.74, 6) is 1.56. The van der Waals surface area contributed by atoms with Crippen LogP contribution in [0.3, 0.4) is 0 Å². The lowest BCUT2D eigenvalue weighted by Gasteiger charge is -2.31. The van der Waals surface area contributed by atoms with Gasteiger partial charge in [-0.25, -0.2) is 0 Å². The summed E-state index contributed by atoms with van der Waals surface area (Å²) in [7, 11) is 3.90. The van der Waals surface area contributed by atoms with Gasteiger partial charge in [0, 0.05) is 11.6 Å². The number of hydrogen-bond acceptors (Lipinski definition) is 2. The summed E-state index contributed by atoms with van der Waals surface area (Å²) >= 11 is 0. The molecule has 0 aromatic heterocycles. The van der Waals surface area contributed by atoms with Crippen molar-refractivity contribution in [3.63, 3.8) is 0 Å². The Morgan fingerprint density at radius 3 is 2.38 bits per heavy atom. The number of benzene rings is 1. The summed E-state index contributed by atoms with van der Waals surface area (Å²) in [5, 5.41) is 0. The summed E-state index contributed by atoms with van der Waals surface area (Å²) in [6, 6.07) is 8.72. The van der Waals surface area contributed by atoms with E-state index in [0.717, 1.165) is 12.3 Å². The van der Waals surface area contributed by atoms with Crippen molar-refractivity contribution in [3.8, 4) is 5.75 Å². The summed E-state index contributed by atoms with van der Waals surface area (Å²) < 4.78 is 5.44. The Kier molecular flexibility index (Phi) is 4.81. The molecule has 2 nitrogen and oxygen atoms in total. The van der Waals surface area contributed by atoms with Crippen LogP contribution in [0.4, 0.5) is 0 Å². The van der Waals surface area contributed by atoms with Crippen molar-refractivity contribution in [3.05, 3.63) is 29.8 Å². The molecule has 0 spiro atoms. The third kappa shape index (κ3) is 2.76. The molecule has 1 aromatic rings. The number of hydrogen-bond donors (Lipinski definition) is 0. The highest BCUT2D eigenvalue weighted by atomic mass is 16.5. The van der Waals surface area contributed by atoms with Gasteiger partial charge in [0.1, 0.15) is 5.75 Å². The van der Waals surface area contributed by atoms with Crippen LogP contribution in [0.25, 0.3) is 0 Å². The van der Waals surface area contributed by atoms with Gasteiger partial charge < -0.3 is 4.74 Å². The van der Waals surface area contributed by atoms with Crippen LogP contribution in [-0.2, 0) is 0 Å². The fourth-order valence-corrected chi connectivity index (χ4v) is 2.21. The molecule has 0 heterocycles. The SMILES string of the molecule is CCN(C)C(c1ccccc1OC)C(C)C. The Bertz CT molecular complexity index is 322. The fraction of sp³-hybridized carbons (Fsp3) is 0.571. The fourth-order valence-electron chi connectivity index (χ4n) is 2.21. The molecule has 0 radical (unpaired) electrons. The van der Waals surface area contributed by atoms with Gasteiger partial charge in [-0.05, 0) is 25.6 Å². The van der Waals surface area contributed by atoms with Gasteiger partial charge in [0.2, 0.25) is 0 Å². The third-order valence-electron chi connectivity index (χ3n) is 3.06. The molecule has 2 heteroatoms. The van der Waals surface area contributed by atoms with Crippen LogP contribution < -0.4 is 4.74 Å². The van der Waals surface area contributed by atoms with Crippen molar-refractivity contribution < 1.29 is 4.74 Å². The van der Waals surface area contributed by atoms with Crippen molar-refractivity contribution in [2.75, 3.05) is 20.7 Å². The van der Waals surface area contributed by atoms with E-state index in [2.05, 4.69) is 44.9 Å². The Hall–Kier alpha value is -1.02. The van der Waals surface area contributed by atoms with Crippen molar-refractivity contribution in [2.45, 2.75) is 26.8 Å². The zero-order chi connectivity index (χ0) is 12.1. The lowest BCUT2D eigenvalue weighted by atomic mass is 9.94. The molecule has 0 aliphatic heterocycles. The zero-order valence-corrected chi connectivity index (χ0v) is 11.0. The second-order valence-electron chi connectivity index (χ2n) is 4.50. The largest absolute Gasteiger partial charge is 0.496 e. The molecule has 1 rings (SSSR count). The Morgan fingerprint density at radius 1 is 1.25 bits per heavy atom. The Balaban J connectivity index is 3.10. The molecular formula is C14H23NO. The first-order chi connectivity index (χ1) is 7.61. The molecule has 0 bridgehead atoms. The summed E-state index contributed by atoms with van der Waals surface area (Å²) in [5.41, 5.74) is 1.28. The number of methoxy groups -OCH3 is 1. The van der Waals surface area contributed by atoms with Gasteiger partial charge >= 0.3 is 0 Å². The lowest BCUT2D eigenvalue weighted by molar-refractivity contribution is 0.198. The maximum Gasteiger partial charge on any atom is 0.123 e. The molecule has 0 saturated carbocycles. The second-order valence-corrected chi connectivity index (χ2v) is 4.50. The Morgan fingerprint density at radius 2 is 1.88 bits per heavy atom. The van der Waals surface area contributed by atoms with Crippen LogP contribution in [0.1, 0.15) is 32.4 Å². The molecule has 0 aliphatic carbocycles. The highest BCUT2D eigenvalue weighted by Crippen LogP contribution is 2.33. The van der Waals surface area contributed by atoms with E-state index in [1.807, 2.05) is 12.1 Å². The van der Waals surface area contributed by atoms with Crippen LogP contribution in [0, 0.1) is 5.92 Å². The Labute approximate surface area is 99.2 Å². The highest BCUT2D eigenvalue weighted by molar-refractivity contribution is 5.36. The predicted octanol–water partition coefficient (Wildman–Crippen LogP) is 3.34. The minimum Gasteiger partial charge on any atom is -0.496 e. The lowest BCUT2D eigenvalue weighted by Crippen LogP contribution is -2.28. The van der Waals surface area contributed by atoms with E-state index in [1.165, 1.54) is 5.56 Å². The quantitative estimate of drug-likeness (QED) is 0.756. The van der Waals surface area contributed by atoms with E-state index in [1.54, 1.807) is 7.11 Å². The minimum absolute atomic E-state index is 0.418. The molecule has 90 valence electrons. The van der Waals surface area contributed by atoms with Gasteiger partial charge in [-0.3, -0.25) is 4.90 Å². The monoisotopic (exact) mass is 221 g/mol. The van der Waals surface area contributed by atoms with E-state index >= 15 is 0 Å². The number of ether oxygens (including phenoxy) is 1. The van der Waals surface area contributed by atoms with Crippen molar-refractivity contribution in [1.29, 1.82) is 0 Å². The first kappa shape index (κ1) is 13.0. The van der Waals surface area contributed by atoms with Gasteiger partial charge in [-0.2, -0.15) is 0 Å². The minimum atomic E-state index is 0.418. The summed E-state index contributed by atoms with van der Waals surface area (Å²) in [6.07, 6.45) is 0. The standard InChI is InChI=1S/C14H23NO/c1-6-15(4)14(11(2)3)12-9-7-8-10-13(12)16-5/h7-11,14H,6H2,1-5H3. The molecule has 0 aliphatic rings. The van der Waals surface area contributed by atoms with Crippen molar-refractivity contribution in [2.24, 2.45) is 5.92 Å². The zero-order valence-electron chi connectivity index (χ0n) is 11.0. The van der Waals surface area contributed by atoms with Crippen LogP contribution in [-0.4, -0.2) is 25.6 Å².